The third kappa shape index (κ3) is 7.16. The van der Waals surface area contributed by atoms with Crippen molar-refractivity contribution in [3.8, 4) is 0 Å². The number of nitrogens with zero attached hydrogens (tertiary/aromatic N) is 1. The van der Waals surface area contributed by atoms with E-state index in [4.69, 9.17) is 11.6 Å². The van der Waals surface area contributed by atoms with Gasteiger partial charge < -0.3 is 10.2 Å². The minimum Gasteiger partial charge on any atom is -0.352 e. The molecule has 4 nitrogen and oxygen atoms in total. The van der Waals surface area contributed by atoms with Gasteiger partial charge in [0.15, 0.2) is 0 Å². The minimum atomic E-state index is -0.796. The molecule has 0 spiro atoms. The molecule has 0 unspecified atom stereocenters. The summed E-state index contributed by atoms with van der Waals surface area (Å²) in [5, 5.41) is 3.59. The molecule has 0 heterocycles. The molecule has 2 atom stereocenters. The Morgan fingerprint density at radius 3 is 2.24 bits per heavy atom. The molecule has 3 rings (SSSR count). The Morgan fingerprint density at radius 1 is 0.941 bits per heavy atom. The van der Waals surface area contributed by atoms with E-state index in [0.717, 1.165) is 17.5 Å². The molecular weight excluding hydrogens is 451 g/mol. The quantitative estimate of drug-likeness (QED) is 0.412. The first-order valence-corrected chi connectivity index (χ1v) is 11.9. The maximum Gasteiger partial charge on any atom is 0.243 e. The van der Waals surface area contributed by atoms with Gasteiger partial charge in [-0.2, -0.15) is 0 Å². The molecule has 2 amide bonds. The summed E-state index contributed by atoms with van der Waals surface area (Å²) in [5.74, 6) is -0.919. The second-order valence-corrected chi connectivity index (χ2v) is 8.88. The average molecular weight is 481 g/mol. The van der Waals surface area contributed by atoms with Gasteiger partial charge in [-0.05, 0) is 42.7 Å². The summed E-state index contributed by atoms with van der Waals surface area (Å²) < 4.78 is 14.6. The van der Waals surface area contributed by atoms with Crippen molar-refractivity contribution < 1.29 is 14.0 Å². The van der Waals surface area contributed by atoms with Crippen LogP contribution in [0, 0.1) is 5.82 Å². The fraction of sp³-hybridized carbons (Fsp3) is 0.286. The molecule has 3 aromatic carbocycles. The highest BCUT2D eigenvalue weighted by Crippen LogP contribution is 2.19. The van der Waals surface area contributed by atoms with Gasteiger partial charge in [0.05, 0.1) is 6.42 Å². The standard InChI is InChI=1S/C28H30ClFN2O2/c1-3-20(2)31-28(34)26(17-21-9-5-4-6-10-21)32(19-23-11-7-8-12-25(23)30)27(33)18-22-13-15-24(29)16-14-22/h4-16,20,26H,3,17-19H2,1-2H3,(H,31,34)/t20-,26-/m0/s1. The number of amides is 2. The van der Waals surface area contributed by atoms with Crippen molar-refractivity contribution in [1.82, 2.24) is 10.2 Å². The molecule has 3 aromatic rings. The summed E-state index contributed by atoms with van der Waals surface area (Å²) in [5.41, 5.74) is 2.06. The number of hydrogen-bond donors (Lipinski definition) is 1. The SMILES string of the molecule is CC[C@H](C)NC(=O)[C@H](Cc1ccccc1)N(Cc1ccccc1F)C(=O)Cc1ccc(Cl)cc1. The van der Waals surface area contributed by atoms with Gasteiger partial charge in [0, 0.05) is 29.6 Å². The van der Waals surface area contributed by atoms with E-state index in [2.05, 4.69) is 5.32 Å². The van der Waals surface area contributed by atoms with E-state index in [0.29, 0.717) is 17.0 Å². The van der Waals surface area contributed by atoms with Crippen molar-refractivity contribution >= 4 is 23.4 Å². The van der Waals surface area contributed by atoms with E-state index in [-0.39, 0.29) is 30.8 Å². The molecule has 6 heteroatoms. The van der Waals surface area contributed by atoms with Crippen LogP contribution >= 0.6 is 11.6 Å². The summed E-state index contributed by atoms with van der Waals surface area (Å²) in [4.78, 5) is 28.5. The summed E-state index contributed by atoms with van der Waals surface area (Å²) in [6, 6.07) is 22.1. The summed E-state index contributed by atoms with van der Waals surface area (Å²) in [6.45, 7) is 3.90. The lowest BCUT2D eigenvalue weighted by Crippen LogP contribution is -2.52. The number of nitrogens with one attached hydrogen (secondary N) is 1. The first kappa shape index (κ1) is 25.4. The lowest BCUT2D eigenvalue weighted by atomic mass is 10.0. The van der Waals surface area contributed by atoms with Crippen LogP contribution in [0.5, 0.6) is 0 Å². The van der Waals surface area contributed by atoms with E-state index in [1.54, 1.807) is 42.5 Å². The Balaban J connectivity index is 1.97. The highest BCUT2D eigenvalue weighted by atomic mass is 35.5. The van der Waals surface area contributed by atoms with Crippen LogP contribution in [-0.4, -0.2) is 28.8 Å². The second kappa shape index (κ2) is 12.3. The predicted molar refractivity (Wildman–Crippen MR) is 134 cm³/mol. The fourth-order valence-electron chi connectivity index (χ4n) is 3.68. The summed E-state index contributed by atoms with van der Waals surface area (Å²) in [6.07, 6.45) is 1.16. The van der Waals surface area contributed by atoms with Crippen LogP contribution in [0.25, 0.3) is 0 Å². The topological polar surface area (TPSA) is 49.4 Å². The molecule has 0 saturated carbocycles. The molecule has 0 radical (unpaired) electrons. The van der Waals surface area contributed by atoms with Crippen LogP contribution in [0.4, 0.5) is 4.39 Å². The zero-order valence-electron chi connectivity index (χ0n) is 19.5. The van der Waals surface area contributed by atoms with Gasteiger partial charge in [0.2, 0.25) is 11.8 Å². The van der Waals surface area contributed by atoms with Crippen molar-refractivity contribution in [3.05, 3.63) is 106 Å². The van der Waals surface area contributed by atoms with Gasteiger partial charge in [-0.15, -0.1) is 0 Å². The van der Waals surface area contributed by atoms with E-state index < -0.39 is 11.9 Å². The number of carbonyl (C=O) groups excluding carboxylic acids is 2. The predicted octanol–water partition coefficient (Wildman–Crippen LogP) is 5.58. The van der Waals surface area contributed by atoms with Crippen LogP contribution in [0.15, 0.2) is 78.9 Å². The number of benzene rings is 3. The summed E-state index contributed by atoms with van der Waals surface area (Å²) >= 11 is 5.99. The van der Waals surface area contributed by atoms with Gasteiger partial charge in [0.1, 0.15) is 11.9 Å². The van der Waals surface area contributed by atoms with Crippen molar-refractivity contribution in [3.63, 3.8) is 0 Å². The summed E-state index contributed by atoms with van der Waals surface area (Å²) in [7, 11) is 0. The third-order valence-corrected chi connectivity index (χ3v) is 6.09. The first-order valence-electron chi connectivity index (χ1n) is 11.5. The van der Waals surface area contributed by atoms with E-state index in [1.807, 2.05) is 44.2 Å². The largest absolute Gasteiger partial charge is 0.352 e. The number of carbonyl (C=O) groups is 2. The van der Waals surface area contributed by atoms with Crippen molar-refractivity contribution in [2.45, 2.75) is 51.7 Å². The fourth-order valence-corrected chi connectivity index (χ4v) is 3.81. The molecule has 0 saturated heterocycles. The highest BCUT2D eigenvalue weighted by molar-refractivity contribution is 6.30. The van der Waals surface area contributed by atoms with Crippen molar-refractivity contribution in [2.24, 2.45) is 0 Å². The molecule has 0 aromatic heterocycles. The monoisotopic (exact) mass is 480 g/mol. The molecule has 0 fully saturated rings. The molecule has 0 bridgehead atoms. The maximum absolute atomic E-state index is 14.6. The minimum absolute atomic E-state index is 0.00940. The van der Waals surface area contributed by atoms with Crippen LogP contribution < -0.4 is 5.32 Å². The smallest absolute Gasteiger partial charge is 0.243 e. The number of rotatable bonds is 10. The van der Waals surface area contributed by atoms with Gasteiger partial charge in [-0.3, -0.25) is 9.59 Å². The number of hydrogen-bond acceptors (Lipinski definition) is 2. The third-order valence-electron chi connectivity index (χ3n) is 5.84. The van der Waals surface area contributed by atoms with Crippen LogP contribution in [0.2, 0.25) is 5.02 Å². The lowest BCUT2D eigenvalue weighted by Gasteiger charge is -2.32. The molecule has 0 aliphatic carbocycles. The van der Waals surface area contributed by atoms with Crippen molar-refractivity contribution in [2.75, 3.05) is 0 Å². The average Bonchev–Trinajstić information content (AvgIpc) is 2.84. The zero-order chi connectivity index (χ0) is 24.5. The van der Waals surface area contributed by atoms with Gasteiger partial charge in [0.25, 0.3) is 0 Å². The highest BCUT2D eigenvalue weighted by Gasteiger charge is 2.31. The lowest BCUT2D eigenvalue weighted by molar-refractivity contribution is -0.141. The van der Waals surface area contributed by atoms with Crippen molar-refractivity contribution in [1.29, 1.82) is 0 Å². The Morgan fingerprint density at radius 2 is 1.59 bits per heavy atom. The Bertz CT molecular complexity index is 1090. The number of halogens is 2. The molecular formula is C28H30ClFN2O2. The second-order valence-electron chi connectivity index (χ2n) is 8.44. The van der Waals surface area contributed by atoms with Crippen LogP contribution in [0.3, 0.4) is 0 Å². The van der Waals surface area contributed by atoms with Gasteiger partial charge in [-0.25, -0.2) is 4.39 Å². The molecule has 0 aliphatic heterocycles. The Hall–Kier alpha value is -3.18. The molecule has 178 valence electrons. The molecule has 1 N–H and O–H groups in total. The zero-order valence-corrected chi connectivity index (χ0v) is 20.3. The van der Waals surface area contributed by atoms with Crippen LogP contribution in [0.1, 0.15) is 37.0 Å². The Labute approximate surface area is 205 Å². The maximum atomic E-state index is 14.6. The first-order chi connectivity index (χ1) is 16.4. The normalized spacial score (nSPS) is 12.6. The van der Waals surface area contributed by atoms with E-state index in [9.17, 15) is 14.0 Å². The Kier molecular flexibility index (Phi) is 9.23. The molecule has 0 aliphatic rings. The van der Waals surface area contributed by atoms with Crippen LogP contribution in [-0.2, 0) is 29.0 Å². The van der Waals surface area contributed by atoms with E-state index in [1.165, 1.54) is 11.0 Å². The van der Waals surface area contributed by atoms with E-state index >= 15 is 0 Å². The van der Waals surface area contributed by atoms with Gasteiger partial charge in [-0.1, -0.05) is 79.2 Å². The van der Waals surface area contributed by atoms with Gasteiger partial charge >= 0.3 is 0 Å². The molecule has 34 heavy (non-hydrogen) atoms.